The molecule has 0 aliphatic rings. The number of pyridine rings is 1. The van der Waals surface area contributed by atoms with Crippen molar-refractivity contribution >= 4 is 17.7 Å². The molecule has 0 spiro atoms. The molecule has 25 heavy (non-hydrogen) atoms. The van der Waals surface area contributed by atoms with Gasteiger partial charge in [0, 0.05) is 18.3 Å². The van der Waals surface area contributed by atoms with E-state index in [0.29, 0.717) is 18.7 Å². The summed E-state index contributed by atoms with van der Waals surface area (Å²) in [6.45, 7) is 3.14. The third kappa shape index (κ3) is 4.67. The fourth-order valence-electron chi connectivity index (χ4n) is 2.43. The highest BCUT2D eigenvalue weighted by atomic mass is 32.2. The number of carbonyl (C=O) groups excluding carboxylic acids is 1. The highest BCUT2D eigenvalue weighted by Crippen LogP contribution is 2.16. The van der Waals surface area contributed by atoms with Crippen molar-refractivity contribution in [3.63, 3.8) is 0 Å². The molecule has 0 saturated carbocycles. The van der Waals surface area contributed by atoms with Crippen LogP contribution in [0.5, 0.6) is 0 Å². The van der Waals surface area contributed by atoms with E-state index in [1.165, 1.54) is 6.33 Å². The summed E-state index contributed by atoms with van der Waals surface area (Å²) in [4.78, 5) is 20.6. The normalized spacial score (nSPS) is 10.6. The molecule has 0 bridgehead atoms. The Kier molecular flexibility index (Phi) is 5.79. The molecule has 0 atom stereocenters. The number of aromatic nitrogens is 4. The first-order valence-electron chi connectivity index (χ1n) is 8.02. The number of hydrogen-bond acceptors (Lipinski definition) is 5. The van der Waals surface area contributed by atoms with Crippen LogP contribution in [0.1, 0.15) is 28.4 Å². The van der Waals surface area contributed by atoms with E-state index in [0.717, 1.165) is 21.9 Å². The molecular formula is C18H19N5OS. The minimum Gasteiger partial charge on any atom is -0.348 e. The summed E-state index contributed by atoms with van der Waals surface area (Å²) in [5, 5.41) is 7.98. The average molecular weight is 353 g/mol. The maximum Gasteiger partial charge on any atom is 0.251 e. The molecule has 0 aliphatic carbocycles. The number of benzene rings is 1. The van der Waals surface area contributed by atoms with Gasteiger partial charge < -0.3 is 5.32 Å². The van der Waals surface area contributed by atoms with Crippen LogP contribution in [0.4, 0.5) is 0 Å². The predicted molar refractivity (Wildman–Crippen MR) is 97.4 cm³/mol. The Bertz CT molecular complexity index is 835. The Morgan fingerprint density at radius 2 is 2.08 bits per heavy atom. The van der Waals surface area contributed by atoms with Gasteiger partial charge in [-0.2, -0.15) is 5.10 Å². The van der Waals surface area contributed by atoms with E-state index in [2.05, 4.69) is 27.3 Å². The largest absolute Gasteiger partial charge is 0.348 e. The van der Waals surface area contributed by atoms with Crippen LogP contribution < -0.4 is 5.32 Å². The number of rotatable bonds is 7. The van der Waals surface area contributed by atoms with Crippen molar-refractivity contribution in [1.82, 2.24) is 25.1 Å². The molecule has 0 aliphatic heterocycles. The van der Waals surface area contributed by atoms with Gasteiger partial charge in [-0.1, -0.05) is 31.2 Å². The molecule has 3 aromatic rings. The summed E-state index contributed by atoms with van der Waals surface area (Å²) in [6, 6.07) is 11.5. The van der Waals surface area contributed by atoms with Crippen LogP contribution in [0.25, 0.3) is 0 Å². The first-order chi connectivity index (χ1) is 12.3. The molecule has 2 heterocycles. The third-order valence-corrected chi connectivity index (χ3v) is 4.45. The lowest BCUT2D eigenvalue weighted by Gasteiger charge is -2.11. The summed E-state index contributed by atoms with van der Waals surface area (Å²) in [7, 11) is 0. The highest BCUT2D eigenvalue weighted by molar-refractivity contribution is 7.99. The van der Waals surface area contributed by atoms with Gasteiger partial charge in [-0.3, -0.25) is 4.79 Å². The lowest BCUT2D eigenvalue weighted by atomic mass is 10.1. The number of amides is 1. The fourth-order valence-corrected chi connectivity index (χ4v) is 3.07. The van der Waals surface area contributed by atoms with Crippen LogP contribution in [0.15, 0.2) is 60.3 Å². The quantitative estimate of drug-likeness (QED) is 0.661. The first kappa shape index (κ1) is 17.2. The van der Waals surface area contributed by atoms with E-state index in [4.69, 9.17) is 0 Å². The van der Waals surface area contributed by atoms with Crippen LogP contribution in [0, 0.1) is 0 Å². The number of nitrogens with one attached hydrogen (secondary N) is 1. The smallest absolute Gasteiger partial charge is 0.251 e. The van der Waals surface area contributed by atoms with Crippen LogP contribution in [0.2, 0.25) is 0 Å². The molecule has 0 fully saturated rings. The SMILES string of the molecule is CCSc1cc(C(=O)NCc2ccccc2Cn2cncn2)ccn1. The minimum atomic E-state index is -0.101. The lowest BCUT2D eigenvalue weighted by Crippen LogP contribution is -2.23. The topological polar surface area (TPSA) is 72.7 Å². The first-order valence-corrected chi connectivity index (χ1v) is 9.01. The second-order valence-electron chi connectivity index (χ2n) is 5.36. The van der Waals surface area contributed by atoms with Gasteiger partial charge in [0.05, 0.1) is 11.6 Å². The Morgan fingerprint density at radius 3 is 2.84 bits per heavy atom. The maximum atomic E-state index is 12.4. The molecular weight excluding hydrogens is 334 g/mol. The van der Waals surface area contributed by atoms with Crippen molar-refractivity contribution in [1.29, 1.82) is 0 Å². The summed E-state index contributed by atoms with van der Waals surface area (Å²) >= 11 is 1.62. The maximum absolute atomic E-state index is 12.4. The van der Waals surface area contributed by atoms with Crippen molar-refractivity contribution in [2.75, 3.05) is 5.75 Å². The predicted octanol–water partition coefficient (Wildman–Crippen LogP) is 2.76. The molecule has 0 radical (unpaired) electrons. The minimum absolute atomic E-state index is 0.101. The second kappa shape index (κ2) is 8.43. The van der Waals surface area contributed by atoms with E-state index < -0.39 is 0 Å². The van der Waals surface area contributed by atoms with Gasteiger partial charge in [-0.05, 0) is 29.0 Å². The zero-order valence-electron chi connectivity index (χ0n) is 13.9. The van der Waals surface area contributed by atoms with Gasteiger partial charge in [0.25, 0.3) is 5.91 Å². The number of thioether (sulfide) groups is 1. The van der Waals surface area contributed by atoms with Crippen molar-refractivity contribution in [2.24, 2.45) is 0 Å². The van der Waals surface area contributed by atoms with Crippen LogP contribution >= 0.6 is 11.8 Å². The number of nitrogens with zero attached hydrogens (tertiary/aromatic N) is 4. The average Bonchev–Trinajstić information content (AvgIpc) is 3.14. The molecule has 3 rings (SSSR count). The Labute approximate surface area is 150 Å². The molecule has 7 heteroatoms. The van der Waals surface area contributed by atoms with Gasteiger partial charge in [0.1, 0.15) is 12.7 Å². The molecule has 0 unspecified atom stereocenters. The van der Waals surface area contributed by atoms with Crippen LogP contribution in [-0.4, -0.2) is 31.4 Å². The molecule has 0 saturated heterocycles. The lowest BCUT2D eigenvalue weighted by molar-refractivity contribution is 0.0950. The summed E-state index contributed by atoms with van der Waals surface area (Å²) in [5.41, 5.74) is 2.79. The fraction of sp³-hybridized carbons (Fsp3) is 0.222. The van der Waals surface area contributed by atoms with Gasteiger partial charge in [-0.15, -0.1) is 11.8 Å². The molecule has 2 aromatic heterocycles. The van der Waals surface area contributed by atoms with Crippen LogP contribution in [0.3, 0.4) is 0 Å². The van der Waals surface area contributed by atoms with Gasteiger partial charge in [-0.25, -0.2) is 14.6 Å². The second-order valence-corrected chi connectivity index (χ2v) is 6.64. The molecule has 1 N–H and O–H groups in total. The molecule has 1 amide bonds. The van der Waals surface area contributed by atoms with E-state index in [-0.39, 0.29) is 5.91 Å². The molecule has 6 nitrogen and oxygen atoms in total. The Hall–Kier alpha value is -2.67. The highest BCUT2D eigenvalue weighted by Gasteiger charge is 2.09. The van der Waals surface area contributed by atoms with E-state index in [1.54, 1.807) is 35.0 Å². The third-order valence-electron chi connectivity index (χ3n) is 3.65. The zero-order chi connectivity index (χ0) is 17.5. The van der Waals surface area contributed by atoms with Crippen molar-refractivity contribution in [3.8, 4) is 0 Å². The zero-order valence-corrected chi connectivity index (χ0v) is 14.7. The van der Waals surface area contributed by atoms with E-state index in [1.807, 2.05) is 30.3 Å². The molecule has 128 valence electrons. The van der Waals surface area contributed by atoms with Crippen molar-refractivity contribution in [3.05, 3.63) is 71.9 Å². The number of carbonyl (C=O) groups is 1. The Morgan fingerprint density at radius 1 is 1.24 bits per heavy atom. The number of hydrogen-bond donors (Lipinski definition) is 1. The summed E-state index contributed by atoms with van der Waals surface area (Å²) in [5.74, 6) is 0.823. The van der Waals surface area contributed by atoms with E-state index >= 15 is 0 Å². The molecule has 1 aromatic carbocycles. The van der Waals surface area contributed by atoms with Gasteiger partial charge in [0.15, 0.2) is 0 Å². The summed E-state index contributed by atoms with van der Waals surface area (Å²) < 4.78 is 1.76. The van der Waals surface area contributed by atoms with Crippen LogP contribution in [-0.2, 0) is 13.1 Å². The van der Waals surface area contributed by atoms with Crippen molar-refractivity contribution in [2.45, 2.75) is 25.0 Å². The van der Waals surface area contributed by atoms with Gasteiger partial charge >= 0.3 is 0 Å². The summed E-state index contributed by atoms with van der Waals surface area (Å²) in [6.07, 6.45) is 4.87. The standard InChI is InChI=1S/C18H19N5OS/c1-2-25-17-9-14(7-8-20-17)18(24)21-10-15-5-3-4-6-16(15)11-23-13-19-12-22-23/h3-9,12-13H,2,10-11H2,1H3,(H,21,24). The Balaban J connectivity index is 1.67. The monoisotopic (exact) mass is 353 g/mol. The van der Waals surface area contributed by atoms with Crippen molar-refractivity contribution < 1.29 is 4.79 Å². The van der Waals surface area contributed by atoms with Gasteiger partial charge in [0.2, 0.25) is 0 Å². The van der Waals surface area contributed by atoms with E-state index in [9.17, 15) is 4.79 Å².